The van der Waals surface area contributed by atoms with Gasteiger partial charge < -0.3 is 10.2 Å². The number of likely N-dealkylation sites (N-methyl/N-ethyl adjacent to an activating group) is 1. The molecule has 0 atom stereocenters. The van der Waals surface area contributed by atoms with Gasteiger partial charge in [-0.15, -0.1) is 11.3 Å². The largest absolute Gasteiger partial charge is 0.350 e. The number of aryl methyl sites for hydroxylation is 1. The number of hydrogen-bond acceptors (Lipinski definition) is 3. The molecule has 1 heterocycles. The zero-order chi connectivity index (χ0) is 12.0. The number of amides is 1. The highest BCUT2D eigenvalue weighted by atomic mass is 32.1. The number of carbonyl (C=O) groups is 1. The summed E-state index contributed by atoms with van der Waals surface area (Å²) < 4.78 is 0. The number of nitrogens with one attached hydrogen (secondary N) is 1. The molecule has 0 radical (unpaired) electrons. The number of hydrogen-bond donors (Lipinski definition) is 1. The molecular formula is C12H20N2OS. The van der Waals surface area contributed by atoms with Crippen LogP contribution < -0.4 is 5.32 Å². The van der Waals surface area contributed by atoms with Crippen molar-refractivity contribution in [3.63, 3.8) is 0 Å². The summed E-state index contributed by atoms with van der Waals surface area (Å²) >= 11 is 1.54. The lowest BCUT2D eigenvalue weighted by atomic mass is 10.4. The third-order valence-corrected chi connectivity index (χ3v) is 3.57. The first-order chi connectivity index (χ1) is 7.67. The van der Waals surface area contributed by atoms with Crippen LogP contribution in [0.5, 0.6) is 0 Å². The molecule has 1 N–H and O–H groups in total. The maximum absolute atomic E-state index is 11.7. The lowest BCUT2D eigenvalue weighted by Crippen LogP contribution is -2.34. The van der Waals surface area contributed by atoms with E-state index in [2.05, 4.69) is 24.1 Å². The predicted molar refractivity (Wildman–Crippen MR) is 69.2 cm³/mol. The highest BCUT2D eigenvalue weighted by Gasteiger charge is 2.07. The maximum atomic E-state index is 11.7. The van der Waals surface area contributed by atoms with Gasteiger partial charge in [0.1, 0.15) is 0 Å². The predicted octanol–water partition coefficient (Wildman–Crippen LogP) is 2.13. The van der Waals surface area contributed by atoms with Crippen LogP contribution in [0.1, 0.15) is 28.4 Å². The second-order valence-electron chi connectivity index (χ2n) is 3.69. The maximum Gasteiger partial charge on any atom is 0.261 e. The van der Waals surface area contributed by atoms with Gasteiger partial charge in [-0.25, -0.2) is 0 Å². The molecule has 0 aliphatic carbocycles. The van der Waals surface area contributed by atoms with Crippen LogP contribution in [-0.4, -0.2) is 37.0 Å². The molecule has 0 spiro atoms. The van der Waals surface area contributed by atoms with Crippen LogP contribution >= 0.6 is 11.3 Å². The molecule has 0 aliphatic rings. The Kier molecular flexibility index (Phi) is 5.49. The Morgan fingerprint density at radius 3 is 2.56 bits per heavy atom. The minimum absolute atomic E-state index is 0.0465. The molecule has 90 valence electrons. The summed E-state index contributed by atoms with van der Waals surface area (Å²) in [6.45, 7) is 9.98. The molecule has 0 unspecified atom stereocenters. The van der Waals surface area contributed by atoms with Crippen molar-refractivity contribution in [3.8, 4) is 0 Å². The summed E-state index contributed by atoms with van der Waals surface area (Å²) in [5, 5.41) is 2.94. The van der Waals surface area contributed by atoms with Gasteiger partial charge in [0.25, 0.3) is 5.91 Å². The minimum atomic E-state index is 0.0465. The fourth-order valence-electron chi connectivity index (χ4n) is 1.51. The van der Waals surface area contributed by atoms with E-state index in [9.17, 15) is 4.79 Å². The average molecular weight is 240 g/mol. The van der Waals surface area contributed by atoms with Gasteiger partial charge in [-0.1, -0.05) is 13.8 Å². The molecule has 0 aliphatic heterocycles. The Hall–Kier alpha value is -0.870. The van der Waals surface area contributed by atoms with Crippen LogP contribution in [0.4, 0.5) is 0 Å². The summed E-state index contributed by atoms with van der Waals surface area (Å²) in [5.41, 5.74) is 0. The fraction of sp³-hybridized carbons (Fsp3) is 0.583. The molecule has 16 heavy (non-hydrogen) atoms. The smallest absolute Gasteiger partial charge is 0.261 e. The first-order valence-corrected chi connectivity index (χ1v) is 6.56. The molecule has 1 aromatic heterocycles. The highest BCUT2D eigenvalue weighted by molar-refractivity contribution is 7.13. The van der Waals surface area contributed by atoms with Gasteiger partial charge in [0, 0.05) is 18.0 Å². The molecule has 3 nitrogen and oxygen atoms in total. The van der Waals surface area contributed by atoms with Gasteiger partial charge >= 0.3 is 0 Å². The van der Waals surface area contributed by atoms with Crippen LogP contribution in [0.25, 0.3) is 0 Å². The van der Waals surface area contributed by atoms with E-state index in [0.717, 1.165) is 31.1 Å². The average Bonchev–Trinajstić information content (AvgIpc) is 2.71. The topological polar surface area (TPSA) is 32.3 Å². The third kappa shape index (κ3) is 3.94. The summed E-state index contributed by atoms with van der Waals surface area (Å²) in [5.74, 6) is 0.0465. The van der Waals surface area contributed by atoms with Crippen molar-refractivity contribution < 1.29 is 4.79 Å². The van der Waals surface area contributed by atoms with Gasteiger partial charge in [0.2, 0.25) is 0 Å². The van der Waals surface area contributed by atoms with E-state index in [4.69, 9.17) is 0 Å². The number of rotatable bonds is 6. The molecule has 1 amide bonds. The Bertz CT molecular complexity index is 332. The Morgan fingerprint density at radius 2 is 2.06 bits per heavy atom. The molecule has 0 saturated heterocycles. The Morgan fingerprint density at radius 1 is 1.38 bits per heavy atom. The van der Waals surface area contributed by atoms with Crippen molar-refractivity contribution in [2.75, 3.05) is 26.2 Å². The van der Waals surface area contributed by atoms with E-state index in [-0.39, 0.29) is 5.91 Å². The van der Waals surface area contributed by atoms with Crippen LogP contribution in [0.2, 0.25) is 0 Å². The van der Waals surface area contributed by atoms with Crippen molar-refractivity contribution in [1.82, 2.24) is 10.2 Å². The summed E-state index contributed by atoms with van der Waals surface area (Å²) in [6, 6.07) is 3.86. The molecular weight excluding hydrogens is 220 g/mol. The van der Waals surface area contributed by atoms with Crippen molar-refractivity contribution >= 4 is 17.2 Å². The Balaban J connectivity index is 2.30. The zero-order valence-corrected chi connectivity index (χ0v) is 11.1. The lowest BCUT2D eigenvalue weighted by Gasteiger charge is -2.17. The third-order valence-electron chi connectivity index (χ3n) is 2.57. The van der Waals surface area contributed by atoms with Gasteiger partial charge in [-0.05, 0) is 32.1 Å². The molecule has 0 saturated carbocycles. The second-order valence-corrected chi connectivity index (χ2v) is 4.98. The van der Waals surface area contributed by atoms with Crippen molar-refractivity contribution in [2.45, 2.75) is 20.8 Å². The summed E-state index contributed by atoms with van der Waals surface area (Å²) in [6.07, 6.45) is 0. The van der Waals surface area contributed by atoms with E-state index in [1.807, 2.05) is 19.1 Å². The van der Waals surface area contributed by atoms with E-state index in [0.29, 0.717) is 0 Å². The van der Waals surface area contributed by atoms with Crippen LogP contribution in [0.3, 0.4) is 0 Å². The number of carbonyl (C=O) groups excluding carboxylic acids is 1. The van der Waals surface area contributed by atoms with Gasteiger partial charge in [-0.3, -0.25) is 4.79 Å². The standard InChI is InChI=1S/C12H20N2OS/c1-4-14(5-2)9-8-13-12(15)11-7-6-10(3)16-11/h6-7H,4-5,8-9H2,1-3H3,(H,13,15). The molecule has 1 rings (SSSR count). The quantitative estimate of drug-likeness (QED) is 0.826. The SMILES string of the molecule is CCN(CC)CCNC(=O)c1ccc(C)s1. The Labute approximate surface area is 101 Å². The van der Waals surface area contributed by atoms with Crippen LogP contribution in [-0.2, 0) is 0 Å². The number of nitrogens with zero attached hydrogens (tertiary/aromatic N) is 1. The van der Waals surface area contributed by atoms with Crippen LogP contribution in [0, 0.1) is 6.92 Å². The summed E-state index contributed by atoms with van der Waals surface area (Å²) in [4.78, 5) is 16.0. The van der Waals surface area contributed by atoms with Gasteiger partial charge in [0.05, 0.1) is 4.88 Å². The highest BCUT2D eigenvalue weighted by Crippen LogP contribution is 2.14. The van der Waals surface area contributed by atoms with E-state index in [1.54, 1.807) is 11.3 Å². The van der Waals surface area contributed by atoms with Crippen LogP contribution in [0.15, 0.2) is 12.1 Å². The van der Waals surface area contributed by atoms with E-state index < -0.39 is 0 Å². The molecule has 4 heteroatoms. The first kappa shape index (κ1) is 13.2. The van der Waals surface area contributed by atoms with E-state index in [1.165, 1.54) is 4.88 Å². The fourth-order valence-corrected chi connectivity index (χ4v) is 2.29. The molecule has 1 aromatic rings. The van der Waals surface area contributed by atoms with Crippen molar-refractivity contribution in [1.29, 1.82) is 0 Å². The first-order valence-electron chi connectivity index (χ1n) is 5.74. The summed E-state index contributed by atoms with van der Waals surface area (Å²) in [7, 11) is 0. The lowest BCUT2D eigenvalue weighted by molar-refractivity contribution is 0.0953. The monoisotopic (exact) mass is 240 g/mol. The number of thiophene rings is 1. The molecule has 0 aromatic carbocycles. The van der Waals surface area contributed by atoms with Gasteiger partial charge in [0.15, 0.2) is 0 Å². The minimum Gasteiger partial charge on any atom is -0.350 e. The van der Waals surface area contributed by atoms with Crippen molar-refractivity contribution in [2.24, 2.45) is 0 Å². The zero-order valence-electron chi connectivity index (χ0n) is 10.2. The normalized spacial score (nSPS) is 10.8. The molecule has 0 fully saturated rings. The van der Waals surface area contributed by atoms with Crippen molar-refractivity contribution in [3.05, 3.63) is 21.9 Å². The second kappa shape index (κ2) is 6.66. The van der Waals surface area contributed by atoms with Gasteiger partial charge in [-0.2, -0.15) is 0 Å². The van der Waals surface area contributed by atoms with E-state index >= 15 is 0 Å². The molecule has 0 bridgehead atoms.